The van der Waals surface area contributed by atoms with Gasteiger partial charge < -0.3 is 16.6 Å². The molecule has 5 N–H and O–H groups in total. The molecule has 0 spiro atoms. The van der Waals surface area contributed by atoms with Crippen LogP contribution in [0.15, 0.2) is 0 Å². The summed E-state index contributed by atoms with van der Waals surface area (Å²) < 4.78 is 0. The van der Waals surface area contributed by atoms with Crippen LogP contribution in [-0.2, 0) is 4.79 Å². The molecular weight excluding hydrogens is 307 g/mol. The summed E-state index contributed by atoms with van der Waals surface area (Å²) in [7, 11) is 0.422. The highest BCUT2D eigenvalue weighted by atomic mass is 31.1. The highest BCUT2D eigenvalue weighted by molar-refractivity contribution is 7.57. The number of hydrogen-bond acceptors (Lipinski definition) is 3. The van der Waals surface area contributed by atoms with E-state index in [9.17, 15) is 4.79 Å². The topological polar surface area (TPSA) is 89.3 Å². The minimum atomic E-state index is -0.963. The van der Waals surface area contributed by atoms with Crippen LogP contribution in [0, 0.1) is 0 Å². The molecule has 0 aromatic carbocycles. The Kier molecular flexibility index (Phi) is 29.0. The van der Waals surface area contributed by atoms with Crippen molar-refractivity contribution >= 4 is 13.9 Å². The van der Waals surface area contributed by atoms with Crippen molar-refractivity contribution in [2.75, 3.05) is 25.0 Å². The molecular formula is C18H43N2O2P. The van der Waals surface area contributed by atoms with Crippen molar-refractivity contribution in [1.29, 1.82) is 0 Å². The summed E-state index contributed by atoms with van der Waals surface area (Å²) in [6.07, 6.45) is 14.3. The minimum absolute atomic E-state index is 0.422. The van der Waals surface area contributed by atoms with E-state index in [1.165, 1.54) is 45.4 Å². The molecule has 0 saturated carbocycles. The van der Waals surface area contributed by atoms with E-state index in [1.54, 1.807) is 18.5 Å². The van der Waals surface area contributed by atoms with Crippen LogP contribution in [0.5, 0.6) is 0 Å². The average molecular weight is 351 g/mol. The van der Waals surface area contributed by atoms with Crippen molar-refractivity contribution in [3.63, 3.8) is 0 Å². The van der Waals surface area contributed by atoms with E-state index in [0.29, 0.717) is 7.92 Å². The lowest BCUT2D eigenvalue weighted by atomic mass is 10.4. The molecule has 0 fully saturated rings. The molecule has 0 bridgehead atoms. The van der Waals surface area contributed by atoms with Gasteiger partial charge in [0.1, 0.15) is 6.04 Å². The van der Waals surface area contributed by atoms with E-state index in [4.69, 9.17) is 16.6 Å². The van der Waals surface area contributed by atoms with Crippen LogP contribution in [0.25, 0.3) is 0 Å². The summed E-state index contributed by atoms with van der Waals surface area (Å²) in [5.41, 5.74) is 9.86. The molecule has 1 unspecified atom stereocenters. The first kappa shape index (κ1) is 27.7. The third-order valence-corrected chi connectivity index (χ3v) is 6.01. The second-order valence-corrected chi connectivity index (χ2v) is 8.50. The van der Waals surface area contributed by atoms with Crippen molar-refractivity contribution in [1.82, 2.24) is 0 Å². The van der Waals surface area contributed by atoms with Crippen molar-refractivity contribution in [2.45, 2.75) is 85.6 Å². The summed E-state index contributed by atoms with van der Waals surface area (Å²) in [5.74, 6) is -0.963. The Balaban J connectivity index is -0.000000330. The molecule has 0 aromatic rings. The minimum Gasteiger partial charge on any atom is -0.480 e. The van der Waals surface area contributed by atoms with Crippen molar-refractivity contribution < 1.29 is 9.90 Å². The maximum Gasteiger partial charge on any atom is 0.320 e. The Labute approximate surface area is 146 Å². The number of carboxylic acid groups (broad SMARTS) is 1. The van der Waals surface area contributed by atoms with Gasteiger partial charge in [0.15, 0.2) is 0 Å². The largest absolute Gasteiger partial charge is 0.480 e. The lowest BCUT2D eigenvalue weighted by molar-refractivity contribution is -0.138. The third-order valence-electron chi connectivity index (χ3n) is 3.16. The van der Waals surface area contributed by atoms with Crippen LogP contribution in [0.1, 0.15) is 79.6 Å². The Hall–Kier alpha value is -0.180. The van der Waals surface area contributed by atoms with Gasteiger partial charge in [-0.15, -0.1) is 7.92 Å². The van der Waals surface area contributed by atoms with Crippen molar-refractivity contribution in [3.8, 4) is 0 Å². The van der Waals surface area contributed by atoms with Gasteiger partial charge in [0, 0.05) is 0 Å². The molecule has 0 aliphatic carbocycles. The van der Waals surface area contributed by atoms with Crippen LogP contribution < -0.4 is 11.5 Å². The summed E-state index contributed by atoms with van der Waals surface area (Å²) in [6, 6.07) is -0.731. The fourth-order valence-electron chi connectivity index (χ4n) is 1.48. The van der Waals surface area contributed by atoms with E-state index < -0.39 is 12.0 Å². The van der Waals surface area contributed by atoms with E-state index in [0.717, 1.165) is 13.0 Å². The monoisotopic (exact) mass is 350 g/mol. The van der Waals surface area contributed by atoms with Gasteiger partial charge in [0.05, 0.1) is 0 Å². The summed E-state index contributed by atoms with van der Waals surface area (Å²) in [6.45, 7) is 11.2. The van der Waals surface area contributed by atoms with E-state index in [1.807, 2.05) is 0 Å². The Morgan fingerprint density at radius 2 is 1.17 bits per heavy atom. The van der Waals surface area contributed by atoms with Crippen LogP contribution >= 0.6 is 7.92 Å². The second-order valence-electron chi connectivity index (χ2n) is 5.82. The predicted octanol–water partition coefficient (Wildman–Crippen LogP) is 4.64. The summed E-state index contributed by atoms with van der Waals surface area (Å²) in [5, 5.41) is 7.87. The van der Waals surface area contributed by atoms with Gasteiger partial charge in [-0.1, -0.05) is 47.0 Å². The molecule has 0 amide bonds. The van der Waals surface area contributed by atoms with Crippen LogP contribution in [-0.4, -0.2) is 42.1 Å². The predicted molar refractivity (Wildman–Crippen MR) is 107 cm³/mol. The maximum absolute atomic E-state index is 9.57. The lowest BCUT2D eigenvalue weighted by Crippen LogP contribution is -2.25. The highest BCUT2D eigenvalue weighted by Gasteiger charge is 2.05. The van der Waals surface area contributed by atoms with Crippen molar-refractivity contribution in [3.05, 3.63) is 0 Å². The molecule has 0 aliphatic rings. The van der Waals surface area contributed by atoms with E-state index in [-0.39, 0.29) is 0 Å². The van der Waals surface area contributed by atoms with E-state index in [2.05, 4.69) is 27.7 Å². The molecule has 0 rings (SSSR count). The zero-order valence-electron chi connectivity index (χ0n) is 16.3. The number of carboxylic acids is 1. The van der Waals surface area contributed by atoms with Gasteiger partial charge in [-0.3, -0.25) is 4.79 Å². The van der Waals surface area contributed by atoms with Gasteiger partial charge in [-0.25, -0.2) is 0 Å². The average Bonchev–Trinajstić information content (AvgIpc) is 2.54. The van der Waals surface area contributed by atoms with Crippen LogP contribution in [0.3, 0.4) is 0 Å². The first-order valence-corrected chi connectivity index (χ1v) is 11.2. The molecule has 0 heterocycles. The number of unbranched alkanes of at least 4 members (excludes halogenated alkanes) is 3. The van der Waals surface area contributed by atoms with Crippen LogP contribution in [0.2, 0.25) is 0 Å². The number of carbonyl (C=O) groups is 1. The van der Waals surface area contributed by atoms with Gasteiger partial charge >= 0.3 is 5.97 Å². The van der Waals surface area contributed by atoms with Gasteiger partial charge in [0.2, 0.25) is 0 Å². The van der Waals surface area contributed by atoms with Gasteiger partial charge in [0.25, 0.3) is 0 Å². The smallest absolute Gasteiger partial charge is 0.320 e. The summed E-state index contributed by atoms with van der Waals surface area (Å²) in [4.78, 5) is 9.57. The van der Waals surface area contributed by atoms with E-state index >= 15 is 0 Å². The SMILES string of the molecule is CC(N)C(=O)O.CCCCP(CCCC)CCCC.CCCN. The lowest BCUT2D eigenvalue weighted by Gasteiger charge is -2.16. The molecule has 4 nitrogen and oxygen atoms in total. The zero-order chi connectivity index (χ0) is 18.5. The molecule has 142 valence electrons. The first-order chi connectivity index (χ1) is 10.9. The first-order valence-electron chi connectivity index (χ1n) is 9.31. The highest BCUT2D eigenvalue weighted by Crippen LogP contribution is 2.38. The fourth-order valence-corrected chi connectivity index (χ4v) is 4.44. The molecule has 0 radical (unpaired) electrons. The number of hydrogen-bond donors (Lipinski definition) is 3. The maximum atomic E-state index is 9.57. The molecule has 0 aliphatic heterocycles. The standard InChI is InChI=1S/C12H27P.C3H7NO2.C3H9N/c1-4-7-10-13(11-8-5-2)12-9-6-3;1-2(4)3(5)6;1-2-3-4/h4-12H2,1-3H3;2H,4H2,1H3,(H,5,6);2-4H2,1H3. The van der Waals surface area contributed by atoms with Crippen LogP contribution in [0.4, 0.5) is 0 Å². The Morgan fingerprint density at radius 1 is 0.913 bits per heavy atom. The second kappa shape index (κ2) is 24.1. The molecule has 0 saturated heterocycles. The normalized spacial score (nSPS) is 11.1. The van der Waals surface area contributed by atoms with Gasteiger partial charge in [-0.05, 0) is 57.6 Å². The number of aliphatic carboxylic acids is 1. The van der Waals surface area contributed by atoms with Gasteiger partial charge in [-0.2, -0.15) is 0 Å². The molecule has 1 atom stereocenters. The fraction of sp³-hybridized carbons (Fsp3) is 0.944. The molecule has 23 heavy (non-hydrogen) atoms. The summed E-state index contributed by atoms with van der Waals surface area (Å²) >= 11 is 0. The quantitative estimate of drug-likeness (QED) is 0.473. The Bertz CT molecular complexity index is 206. The molecule has 0 aromatic heterocycles. The Morgan fingerprint density at radius 3 is 1.30 bits per heavy atom. The third kappa shape index (κ3) is 30.3. The molecule has 5 heteroatoms. The van der Waals surface area contributed by atoms with Crippen molar-refractivity contribution in [2.24, 2.45) is 11.5 Å². The number of nitrogens with two attached hydrogens (primary N) is 2. The number of rotatable bonds is 11. The zero-order valence-corrected chi connectivity index (χ0v) is 17.2.